The Balaban J connectivity index is 2.30. The van der Waals surface area contributed by atoms with E-state index < -0.39 is 16.0 Å². The van der Waals surface area contributed by atoms with E-state index in [9.17, 15) is 18.3 Å². The first kappa shape index (κ1) is 17.6. The van der Waals surface area contributed by atoms with Crippen LogP contribution in [0.2, 0.25) is 0 Å². The van der Waals surface area contributed by atoms with Crippen molar-refractivity contribution < 1.29 is 18.3 Å². The van der Waals surface area contributed by atoms with Crippen LogP contribution in [0.4, 0.5) is 11.4 Å². The van der Waals surface area contributed by atoms with Crippen LogP contribution in [0.25, 0.3) is 0 Å². The number of rotatable bonds is 5. The number of carbonyl (C=O) groups is 1. The van der Waals surface area contributed by atoms with E-state index in [4.69, 9.17) is 0 Å². The summed E-state index contributed by atoms with van der Waals surface area (Å²) in [5.74, 6) is -1.09. The van der Waals surface area contributed by atoms with Gasteiger partial charge in [0, 0.05) is 18.8 Å². The largest absolute Gasteiger partial charge is 0.478 e. The van der Waals surface area contributed by atoms with Crippen LogP contribution < -0.4 is 9.62 Å². The predicted octanol–water partition coefficient (Wildman–Crippen LogP) is 2.92. The van der Waals surface area contributed by atoms with Crippen molar-refractivity contribution in [3.05, 3.63) is 23.8 Å². The van der Waals surface area contributed by atoms with Crippen LogP contribution in [0.5, 0.6) is 0 Å². The maximum absolute atomic E-state index is 11.7. The van der Waals surface area contributed by atoms with Crippen molar-refractivity contribution >= 4 is 27.4 Å². The van der Waals surface area contributed by atoms with Crippen molar-refractivity contribution in [2.45, 2.75) is 39.0 Å². The highest BCUT2D eigenvalue weighted by Gasteiger charge is 2.18. The lowest BCUT2D eigenvalue weighted by atomic mass is 10.1. The van der Waals surface area contributed by atoms with Crippen molar-refractivity contribution in [3.63, 3.8) is 0 Å². The Hall–Kier alpha value is -1.76. The van der Waals surface area contributed by atoms with Gasteiger partial charge in [0.2, 0.25) is 10.0 Å². The molecule has 0 bridgehead atoms. The highest BCUT2D eigenvalue weighted by molar-refractivity contribution is 7.92. The van der Waals surface area contributed by atoms with E-state index in [2.05, 4.69) is 9.62 Å². The van der Waals surface area contributed by atoms with Gasteiger partial charge < -0.3 is 10.0 Å². The maximum atomic E-state index is 11.7. The summed E-state index contributed by atoms with van der Waals surface area (Å²) in [7, 11) is -3.42. The monoisotopic (exact) mass is 340 g/mol. The molecule has 128 valence electrons. The summed E-state index contributed by atoms with van der Waals surface area (Å²) < 4.78 is 25.7. The van der Waals surface area contributed by atoms with E-state index in [1.807, 2.05) is 0 Å². The molecule has 23 heavy (non-hydrogen) atoms. The van der Waals surface area contributed by atoms with Crippen LogP contribution in [0.1, 0.15) is 49.4 Å². The third kappa shape index (κ3) is 4.86. The van der Waals surface area contributed by atoms with Crippen molar-refractivity contribution in [3.8, 4) is 0 Å². The molecule has 0 saturated carbocycles. The second-order valence-corrected chi connectivity index (χ2v) is 7.81. The molecule has 1 aliphatic heterocycles. The smallest absolute Gasteiger partial charge is 0.337 e. The van der Waals surface area contributed by atoms with Gasteiger partial charge in [-0.25, -0.2) is 13.2 Å². The number of hydrogen-bond donors (Lipinski definition) is 2. The van der Waals surface area contributed by atoms with Crippen LogP contribution in [-0.4, -0.2) is 38.3 Å². The second kappa shape index (κ2) is 7.68. The molecule has 2 N–H and O–H groups in total. The summed E-state index contributed by atoms with van der Waals surface area (Å²) in [6.07, 6.45) is 5.64. The minimum atomic E-state index is -3.42. The fourth-order valence-electron chi connectivity index (χ4n) is 2.79. The molecule has 1 heterocycles. The van der Waals surface area contributed by atoms with E-state index in [0.717, 1.165) is 38.8 Å². The first-order valence-corrected chi connectivity index (χ1v) is 9.71. The first-order chi connectivity index (χ1) is 10.9. The zero-order valence-corrected chi connectivity index (χ0v) is 14.2. The molecule has 0 aliphatic carbocycles. The SMILES string of the molecule is CCS(=O)(=O)Nc1ccc(N2CCCCCCC2)c(C(=O)O)c1. The highest BCUT2D eigenvalue weighted by atomic mass is 32.2. The van der Waals surface area contributed by atoms with Gasteiger partial charge in [-0.3, -0.25) is 4.72 Å². The third-order valence-electron chi connectivity index (χ3n) is 4.08. The second-order valence-electron chi connectivity index (χ2n) is 5.80. The molecule has 1 aromatic carbocycles. The quantitative estimate of drug-likeness (QED) is 0.860. The van der Waals surface area contributed by atoms with Crippen LogP contribution in [-0.2, 0) is 10.0 Å². The van der Waals surface area contributed by atoms with Crippen molar-refractivity contribution in [1.29, 1.82) is 0 Å². The average Bonchev–Trinajstić information content (AvgIpc) is 2.47. The maximum Gasteiger partial charge on any atom is 0.337 e. The highest BCUT2D eigenvalue weighted by Crippen LogP contribution is 2.27. The predicted molar refractivity (Wildman–Crippen MR) is 91.8 cm³/mol. The van der Waals surface area contributed by atoms with Crippen LogP contribution >= 0.6 is 0 Å². The normalized spacial score (nSPS) is 16.5. The number of aromatic carboxylic acids is 1. The Bertz CT molecular complexity index is 650. The number of hydrogen-bond acceptors (Lipinski definition) is 4. The Morgan fingerprint density at radius 2 is 1.78 bits per heavy atom. The minimum absolute atomic E-state index is 0.0523. The summed E-state index contributed by atoms with van der Waals surface area (Å²) in [5, 5.41) is 9.50. The third-order valence-corrected chi connectivity index (χ3v) is 5.38. The molecule has 1 aromatic rings. The molecule has 0 radical (unpaired) electrons. The first-order valence-electron chi connectivity index (χ1n) is 8.06. The summed E-state index contributed by atoms with van der Waals surface area (Å²) >= 11 is 0. The van der Waals surface area contributed by atoms with Crippen LogP contribution in [0.3, 0.4) is 0 Å². The van der Waals surface area contributed by atoms with Gasteiger partial charge in [-0.2, -0.15) is 0 Å². The molecule has 2 rings (SSSR count). The van der Waals surface area contributed by atoms with Gasteiger partial charge >= 0.3 is 5.97 Å². The number of sulfonamides is 1. The lowest BCUT2D eigenvalue weighted by molar-refractivity contribution is 0.0697. The number of nitrogens with one attached hydrogen (secondary N) is 1. The molecule has 1 saturated heterocycles. The number of carboxylic acid groups (broad SMARTS) is 1. The van der Waals surface area contributed by atoms with Crippen molar-refractivity contribution in [2.75, 3.05) is 28.5 Å². The lowest BCUT2D eigenvalue weighted by Gasteiger charge is -2.28. The number of nitrogens with zero attached hydrogens (tertiary/aromatic N) is 1. The molecular formula is C16H24N2O4S. The molecule has 7 heteroatoms. The van der Waals surface area contributed by atoms with Gasteiger partial charge in [-0.1, -0.05) is 19.3 Å². The average molecular weight is 340 g/mol. The fourth-order valence-corrected chi connectivity index (χ4v) is 3.42. The molecule has 1 aliphatic rings. The van der Waals surface area contributed by atoms with Gasteiger partial charge in [0.05, 0.1) is 17.0 Å². The zero-order valence-electron chi connectivity index (χ0n) is 13.4. The molecule has 0 unspecified atom stereocenters. The molecule has 0 atom stereocenters. The fraction of sp³-hybridized carbons (Fsp3) is 0.562. The van der Waals surface area contributed by atoms with E-state index >= 15 is 0 Å². The van der Waals surface area contributed by atoms with Gasteiger partial charge in [-0.15, -0.1) is 0 Å². The van der Waals surface area contributed by atoms with E-state index in [1.54, 1.807) is 12.1 Å². The van der Waals surface area contributed by atoms with Crippen molar-refractivity contribution in [1.82, 2.24) is 0 Å². The van der Waals surface area contributed by atoms with Gasteiger partial charge in [0.15, 0.2) is 0 Å². The number of carboxylic acids is 1. The lowest BCUT2D eigenvalue weighted by Crippen LogP contribution is -2.28. The zero-order chi connectivity index (χ0) is 16.9. The molecule has 0 amide bonds. The van der Waals surface area contributed by atoms with E-state index in [0.29, 0.717) is 11.4 Å². The Morgan fingerprint density at radius 3 is 2.35 bits per heavy atom. The van der Waals surface area contributed by atoms with Gasteiger partial charge in [0.25, 0.3) is 0 Å². The Morgan fingerprint density at radius 1 is 1.17 bits per heavy atom. The molecule has 0 spiro atoms. The molecule has 0 aromatic heterocycles. The van der Waals surface area contributed by atoms with Crippen LogP contribution in [0, 0.1) is 0 Å². The molecular weight excluding hydrogens is 316 g/mol. The number of benzene rings is 1. The van der Waals surface area contributed by atoms with Gasteiger partial charge in [-0.05, 0) is 38.0 Å². The Labute approximate surface area is 137 Å². The summed E-state index contributed by atoms with van der Waals surface area (Å²) in [6.45, 7) is 3.20. The van der Waals surface area contributed by atoms with E-state index in [1.165, 1.54) is 19.4 Å². The summed E-state index contributed by atoms with van der Waals surface area (Å²) in [6, 6.07) is 4.75. The van der Waals surface area contributed by atoms with Crippen molar-refractivity contribution in [2.24, 2.45) is 0 Å². The summed E-state index contributed by atoms with van der Waals surface area (Å²) in [5.41, 5.74) is 1.10. The molecule has 1 fully saturated rings. The molecule has 6 nitrogen and oxygen atoms in total. The van der Waals surface area contributed by atoms with E-state index in [-0.39, 0.29) is 11.3 Å². The number of anilines is 2. The Kier molecular flexibility index (Phi) is 5.87. The van der Waals surface area contributed by atoms with Crippen LogP contribution in [0.15, 0.2) is 18.2 Å². The summed E-state index contributed by atoms with van der Waals surface area (Å²) in [4.78, 5) is 13.7. The standard InChI is InChI=1S/C16H24N2O4S/c1-2-23(21,22)17-13-8-9-15(14(12-13)16(19)20)18-10-6-4-3-5-7-11-18/h8-9,12,17H,2-7,10-11H2,1H3,(H,19,20). The van der Waals surface area contributed by atoms with Gasteiger partial charge in [0.1, 0.15) is 0 Å². The minimum Gasteiger partial charge on any atom is -0.478 e. The topological polar surface area (TPSA) is 86.7 Å².